The second-order valence-corrected chi connectivity index (χ2v) is 6.17. The molecule has 2 heterocycles. The Hall–Kier alpha value is -1.87. The maximum atomic E-state index is 12.2. The number of benzene rings is 1. The molecular formula is C17H17N2NaO6. The predicted molar refractivity (Wildman–Crippen MR) is 83.2 cm³/mol. The molecule has 26 heavy (non-hydrogen) atoms. The van der Waals surface area contributed by atoms with Crippen LogP contribution in [0.5, 0.6) is 0 Å². The van der Waals surface area contributed by atoms with Crippen LogP contribution in [0.15, 0.2) is 30.0 Å². The van der Waals surface area contributed by atoms with Gasteiger partial charge in [0.2, 0.25) is 5.91 Å². The summed E-state index contributed by atoms with van der Waals surface area (Å²) in [4.78, 5) is 35.7. The Bertz CT molecular complexity index is 791. The average molecular weight is 368 g/mol. The van der Waals surface area contributed by atoms with Gasteiger partial charge in [0, 0.05) is 0 Å². The number of nitrogens with zero attached hydrogens (tertiary/aromatic N) is 1. The fraction of sp³-hybridized carbons (Fsp3) is 0.353. The molecule has 0 aliphatic carbocycles. The van der Waals surface area contributed by atoms with Crippen molar-refractivity contribution in [2.24, 2.45) is 11.7 Å². The smallest absolute Gasteiger partial charge is 0.543 e. The van der Waals surface area contributed by atoms with Crippen LogP contribution < -0.4 is 40.4 Å². The Morgan fingerprint density at radius 3 is 2.73 bits per heavy atom. The third kappa shape index (κ3) is 3.50. The van der Waals surface area contributed by atoms with E-state index in [2.05, 4.69) is 0 Å². The number of carbonyl (C=O) groups is 3. The molecule has 1 aromatic carbocycles. The zero-order valence-corrected chi connectivity index (χ0v) is 16.5. The van der Waals surface area contributed by atoms with Gasteiger partial charge >= 0.3 is 35.7 Å². The van der Waals surface area contributed by atoms with Crippen molar-refractivity contribution in [3.8, 4) is 0 Å². The molecule has 0 radical (unpaired) electrons. The molecule has 9 heteroatoms. The maximum absolute atomic E-state index is 12.2. The number of β-lactam (4-membered cyclic amide) rings is 1. The number of primary amides is 1. The number of carbonyl (C=O) groups excluding carboxylic acids is 3. The van der Waals surface area contributed by atoms with E-state index in [1.54, 1.807) is 24.3 Å². The molecule has 1 saturated heterocycles. The monoisotopic (exact) mass is 368 g/mol. The fourth-order valence-electron chi connectivity index (χ4n) is 3.52. The molecule has 0 unspecified atom stereocenters. The zero-order valence-electron chi connectivity index (χ0n) is 14.5. The average Bonchev–Trinajstić information content (AvgIpc) is 2.88. The molecule has 0 spiro atoms. The number of ether oxygens (including phenoxy) is 1. The summed E-state index contributed by atoms with van der Waals surface area (Å²) < 4.78 is 4.74. The van der Waals surface area contributed by atoms with Crippen LogP contribution in [0.4, 0.5) is 4.79 Å². The summed E-state index contributed by atoms with van der Waals surface area (Å²) in [5, 5.41) is 21.3. The Morgan fingerprint density at radius 1 is 1.46 bits per heavy atom. The van der Waals surface area contributed by atoms with E-state index in [-0.39, 0.29) is 47.9 Å². The fourth-order valence-corrected chi connectivity index (χ4v) is 3.52. The van der Waals surface area contributed by atoms with Crippen LogP contribution in [-0.2, 0) is 20.9 Å². The van der Waals surface area contributed by atoms with Crippen LogP contribution in [0.3, 0.4) is 0 Å². The van der Waals surface area contributed by atoms with Crippen LogP contribution in [0.2, 0.25) is 0 Å². The minimum atomic E-state index is -1.44. The molecule has 2 aliphatic rings. The first-order valence-electron chi connectivity index (χ1n) is 7.78. The van der Waals surface area contributed by atoms with Gasteiger partial charge in [-0.1, -0.05) is 18.2 Å². The van der Waals surface area contributed by atoms with Crippen molar-refractivity contribution in [2.45, 2.75) is 32.1 Å². The molecule has 132 valence electrons. The summed E-state index contributed by atoms with van der Waals surface area (Å²) in [6.45, 7) is 1.47. The van der Waals surface area contributed by atoms with Crippen LogP contribution in [0.1, 0.15) is 24.5 Å². The number of aliphatic carboxylic acids is 1. The van der Waals surface area contributed by atoms with E-state index >= 15 is 0 Å². The first kappa shape index (κ1) is 20.4. The van der Waals surface area contributed by atoms with Gasteiger partial charge in [0.25, 0.3) is 0 Å². The Kier molecular flexibility index (Phi) is 6.13. The molecule has 1 fully saturated rings. The first-order valence-corrected chi connectivity index (χ1v) is 7.78. The maximum Gasteiger partial charge on any atom is 1.00 e. The summed E-state index contributed by atoms with van der Waals surface area (Å²) in [5.74, 6) is -2.47. The van der Waals surface area contributed by atoms with Crippen molar-refractivity contribution < 1.29 is 58.9 Å². The van der Waals surface area contributed by atoms with Crippen molar-refractivity contribution in [2.75, 3.05) is 0 Å². The third-order valence-corrected chi connectivity index (χ3v) is 4.58. The number of hydrogen-bond donors (Lipinski definition) is 2. The topological polar surface area (TPSA) is 133 Å². The molecule has 8 nitrogen and oxygen atoms in total. The van der Waals surface area contributed by atoms with E-state index in [0.29, 0.717) is 23.1 Å². The van der Waals surface area contributed by atoms with Crippen molar-refractivity contribution in [3.63, 3.8) is 0 Å². The molecule has 1 aromatic rings. The van der Waals surface area contributed by atoms with Gasteiger partial charge < -0.3 is 30.4 Å². The number of nitrogens with two attached hydrogens (primary N) is 1. The summed E-state index contributed by atoms with van der Waals surface area (Å²) in [6.07, 6.45) is -1.45. The van der Waals surface area contributed by atoms with Crippen LogP contribution in [0.25, 0.3) is 5.57 Å². The summed E-state index contributed by atoms with van der Waals surface area (Å²) in [5.41, 5.74) is 6.46. The number of carboxylic acids is 1. The number of aliphatic hydroxyl groups is 1. The number of carboxylic acid groups (broad SMARTS) is 1. The summed E-state index contributed by atoms with van der Waals surface area (Å²) in [6, 6.07) is 6.40. The van der Waals surface area contributed by atoms with Gasteiger partial charge in [-0.25, -0.2) is 4.79 Å². The van der Waals surface area contributed by atoms with Crippen molar-refractivity contribution in [3.05, 3.63) is 41.1 Å². The number of amides is 2. The Balaban J connectivity index is 0.00000243. The standard InChI is InChI=1S/C17H18N2O6.Na/c1-8(20)13-12-6-11(14(16(22)23)19(12)15(13)21)10-4-2-3-9(5-10)7-25-17(18)24;/h2-5,8,12-13,20H,6-7H2,1H3,(H2,18,24)(H,22,23);/q;+1/p-1/t8-,12-,13-;/m1./s1. The number of hydrogen-bond acceptors (Lipinski definition) is 6. The Labute approximate surface area is 171 Å². The third-order valence-electron chi connectivity index (χ3n) is 4.58. The van der Waals surface area contributed by atoms with Gasteiger partial charge in [0.05, 0.1) is 29.7 Å². The van der Waals surface area contributed by atoms with Gasteiger partial charge in [-0.15, -0.1) is 0 Å². The molecule has 3 rings (SSSR count). The van der Waals surface area contributed by atoms with Gasteiger partial charge in [0.15, 0.2) is 0 Å². The van der Waals surface area contributed by atoms with Crippen LogP contribution >= 0.6 is 0 Å². The van der Waals surface area contributed by atoms with E-state index in [4.69, 9.17) is 10.5 Å². The van der Waals surface area contributed by atoms with Crippen molar-refractivity contribution >= 4 is 23.5 Å². The van der Waals surface area contributed by atoms with Crippen LogP contribution in [-0.4, -0.2) is 40.1 Å². The minimum Gasteiger partial charge on any atom is -0.543 e. The minimum absolute atomic E-state index is 0. The summed E-state index contributed by atoms with van der Waals surface area (Å²) >= 11 is 0. The van der Waals surface area contributed by atoms with E-state index in [1.165, 1.54) is 11.8 Å². The number of rotatable bonds is 5. The molecular weight excluding hydrogens is 351 g/mol. The Morgan fingerprint density at radius 2 is 2.15 bits per heavy atom. The number of fused-ring (bicyclic) bond motifs is 1. The molecule has 2 amide bonds. The second-order valence-electron chi connectivity index (χ2n) is 6.17. The quantitative estimate of drug-likeness (QED) is 0.407. The van der Waals surface area contributed by atoms with Gasteiger partial charge in [-0.05, 0) is 36.1 Å². The molecule has 3 atom stereocenters. The largest absolute Gasteiger partial charge is 1.00 e. The van der Waals surface area contributed by atoms with E-state index in [9.17, 15) is 24.6 Å². The van der Waals surface area contributed by atoms with Gasteiger partial charge in [-0.3, -0.25) is 4.79 Å². The molecule has 2 aliphatic heterocycles. The summed E-state index contributed by atoms with van der Waals surface area (Å²) in [7, 11) is 0. The molecule has 0 saturated carbocycles. The zero-order chi connectivity index (χ0) is 18.3. The molecule has 0 aromatic heterocycles. The number of aliphatic hydroxyl groups excluding tert-OH is 1. The first-order chi connectivity index (χ1) is 11.8. The predicted octanol–water partition coefficient (Wildman–Crippen LogP) is -3.64. The van der Waals surface area contributed by atoms with Gasteiger partial charge in [0.1, 0.15) is 6.61 Å². The van der Waals surface area contributed by atoms with Crippen molar-refractivity contribution in [1.82, 2.24) is 4.90 Å². The SMILES string of the molecule is C[C@@H](O)[C@H]1C(=O)N2C(C(=O)[O-])=C(c3cccc(COC(N)=O)c3)C[C@H]12.[Na+]. The van der Waals surface area contributed by atoms with E-state index in [1.807, 2.05) is 0 Å². The molecule has 0 bridgehead atoms. The van der Waals surface area contributed by atoms with E-state index < -0.39 is 30.0 Å². The van der Waals surface area contributed by atoms with Gasteiger partial charge in [-0.2, -0.15) is 0 Å². The van der Waals surface area contributed by atoms with E-state index in [0.717, 1.165) is 0 Å². The molecule has 3 N–H and O–H groups in total. The normalized spacial score (nSPS) is 22.2. The van der Waals surface area contributed by atoms with Crippen molar-refractivity contribution in [1.29, 1.82) is 0 Å². The second kappa shape index (κ2) is 7.79. The van der Waals surface area contributed by atoms with Crippen LogP contribution in [0, 0.1) is 5.92 Å².